The van der Waals surface area contributed by atoms with E-state index in [-0.39, 0.29) is 0 Å². The standard InChI is InChI=1S/C11H17NOS/c1-8-11(5-6-13-8)14-7-10(12-2)9-3-4-9/h5-6,9-10,12H,3-4,7H2,1-2H3. The van der Waals surface area contributed by atoms with E-state index in [0.717, 1.165) is 17.4 Å². The molecule has 1 aromatic heterocycles. The van der Waals surface area contributed by atoms with Gasteiger partial charge in [-0.05, 0) is 38.8 Å². The van der Waals surface area contributed by atoms with Crippen molar-refractivity contribution in [2.45, 2.75) is 30.7 Å². The summed E-state index contributed by atoms with van der Waals surface area (Å²) in [5.74, 6) is 3.11. The molecule has 2 nitrogen and oxygen atoms in total. The molecule has 1 fully saturated rings. The number of hydrogen-bond acceptors (Lipinski definition) is 3. The molecule has 14 heavy (non-hydrogen) atoms. The zero-order valence-corrected chi connectivity index (χ0v) is 9.56. The first-order valence-electron chi connectivity index (χ1n) is 5.15. The van der Waals surface area contributed by atoms with Crippen LogP contribution in [0.2, 0.25) is 0 Å². The Morgan fingerprint density at radius 3 is 2.93 bits per heavy atom. The highest BCUT2D eigenvalue weighted by molar-refractivity contribution is 7.99. The number of rotatable bonds is 5. The number of hydrogen-bond donors (Lipinski definition) is 1. The van der Waals surface area contributed by atoms with Gasteiger partial charge in [0.2, 0.25) is 0 Å². The van der Waals surface area contributed by atoms with Crippen LogP contribution in [0.5, 0.6) is 0 Å². The average molecular weight is 211 g/mol. The van der Waals surface area contributed by atoms with E-state index in [4.69, 9.17) is 4.42 Å². The van der Waals surface area contributed by atoms with Crippen LogP contribution >= 0.6 is 11.8 Å². The van der Waals surface area contributed by atoms with Crippen LogP contribution < -0.4 is 5.32 Å². The summed E-state index contributed by atoms with van der Waals surface area (Å²) in [6, 6.07) is 2.73. The molecule has 0 saturated heterocycles. The molecular formula is C11H17NOS. The molecule has 0 amide bonds. The van der Waals surface area contributed by atoms with Gasteiger partial charge in [-0.15, -0.1) is 11.8 Å². The largest absolute Gasteiger partial charge is 0.468 e. The Labute approximate surface area is 89.4 Å². The Bertz CT molecular complexity index is 293. The van der Waals surface area contributed by atoms with Gasteiger partial charge in [-0.2, -0.15) is 0 Å². The lowest BCUT2D eigenvalue weighted by Gasteiger charge is -2.13. The number of aryl methyl sites for hydroxylation is 1. The maximum absolute atomic E-state index is 5.27. The van der Waals surface area contributed by atoms with Crippen molar-refractivity contribution < 1.29 is 4.42 Å². The molecular weight excluding hydrogens is 194 g/mol. The van der Waals surface area contributed by atoms with Gasteiger partial charge in [0.1, 0.15) is 5.76 Å². The van der Waals surface area contributed by atoms with Crippen LogP contribution in [-0.4, -0.2) is 18.8 Å². The van der Waals surface area contributed by atoms with Gasteiger partial charge in [-0.25, -0.2) is 0 Å². The molecule has 1 aliphatic carbocycles. The second-order valence-electron chi connectivity index (χ2n) is 3.88. The predicted octanol–water partition coefficient (Wildman–Crippen LogP) is 2.68. The topological polar surface area (TPSA) is 25.2 Å². The Morgan fingerprint density at radius 1 is 1.64 bits per heavy atom. The summed E-state index contributed by atoms with van der Waals surface area (Å²) in [5, 5.41) is 3.39. The van der Waals surface area contributed by atoms with E-state index >= 15 is 0 Å². The van der Waals surface area contributed by atoms with Crippen LogP contribution in [-0.2, 0) is 0 Å². The molecule has 1 heterocycles. The van der Waals surface area contributed by atoms with E-state index in [1.807, 2.05) is 18.7 Å². The first-order chi connectivity index (χ1) is 6.81. The van der Waals surface area contributed by atoms with Gasteiger partial charge in [-0.3, -0.25) is 0 Å². The van der Waals surface area contributed by atoms with E-state index in [2.05, 4.69) is 18.4 Å². The molecule has 1 unspecified atom stereocenters. The van der Waals surface area contributed by atoms with Gasteiger partial charge in [0, 0.05) is 16.7 Å². The van der Waals surface area contributed by atoms with Crippen LogP contribution in [0.1, 0.15) is 18.6 Å². The van der Waals surface area contributed by atoms with E-state index in [1.165, 1.54) is 17.7 Å². The van der Waals surface area contributed by atoms with Gasteiger partial charge >= 0.3 is 0 Å². The normalized spacial score (nSPS) is 18.4. The average Bonchev–Trinajstić information content (AvgIpc) is 2.93. The third kappa shape index (κ3) is 2.34. The monoisotopic (exact) mass is 211 g/mol. The molecule has 0 bridgehead atoms. The molecule has 1 atom stereocenters. The molecule has 0 aliphatic heterocycles. The van der Waals surface area contributed by atoms with Crippen molar-refractivity contribution in [3.8, 4) is 0 Å². The molecule has 1 N–H and O–H groups in total. The van der Waals surface area contributed by atoms with Gasteiger partial charge in [0.25, 0.3) is 0 Å². The lowest BCUT2D eigenvalue weighted by atomic mass is 10.2. The van der Waals surface area contributed by atoms with E-state index < -0.39 is 0 Å². The molecule has 78 valence electrons. The Morgan fingerprint density at radius 2 is 2.43 bits per heavy atom. The van der Waals surface area contributed by atoms with E-state index in [1.54, 1.807) is 6.26 Å². The number of nitrogens with one attached hydrogen (secondary N) is 1. The second kappa shape index (κ2) is 4.41. The summed E-state index contributed by atoms with van der Waals surface area (Å²) in [4.78, 5) is 1.28. The van der Waals surface area contributed by atoms with Crippen LogP contribution in [0.4, 0.5) is 0 Å². The predicted molar refractivity (Wildman–Crippen MR) is 59.7 cm³/mol. The van der Waals surface area contributed by atoms with Crippen molar-refractivity contribution in [1.82, 2.24) is 5.32 Å². The summed E-state index contributed by atoms with van der Waals surface area (Å²) in [6.45, 7) is 2.02. The second-order valence-corrected chi connectivity index (χ2v) is 4.95. The van der Waals surface area contributed by atoms with Gasteiger partial charge in [0.05, 0.1) is 6.26 Å². The molecule has 1 aromatic rings. The molecule has 3 heteroatoms. The first-order valence-corrected chi connectivity index (χ1v) is 6.14. The van der Waals surface area contributed by atoms with Gasteiger partial charge in [-0.1, -0.05) is 0 Å². The van der Waals surface area contributed by atoms with Crippen molar-refractivity contribution in [2.24, 2.45) is 5.92 Å². The Balaban J connectivity index is 1.83. The highest BCUT2D eigenvalue weighted by Crippen LogP contribution is 2.35. The van der Waals surface area contributed by atoms with Crippen molar-refractivity contribution in [1.29, 1.82) is 0 Å². The molecule has 1 aliphatic rings. The fourth-order valence-electron chi connectivity index (χ4n) is 1.66. The zero-order chi connectivity index (χ0) is 9.97. The van der Waals surface area contributed by atoms with E-state index in [0.29, 0.717) is 6.04 Å². The maximum atomic E-state index is 5.27. The molecule has 2 rings (SSSR count). The Kier molecular flexibility index (Phi) is 3.19. The van der Waals surface area contributed by atoms with Gasteiger partial charge < -0.3 is 9.73 Å². The molecule has 0 aromatic carbocycles. The zero-order valence-electron chi connectivity index (χ0n) is 8.75. The van der Waals surface area contributed by atoms with Crippen LogP contribution in [0, 0.1) is 12.8 Å². The summed E-state index contributed by atoms with van der Waals surface area (Å²) in [5.41, 5.74) is 0. The highest BCUT2D eigenvalue weighted by atomic mass is 32.2. The summed E-state index contributed by atoms with van der Waals surface area (Å²) in [7, 11) is 2.06. The van der Waals surface area contributed by atoms with E-state index in [9.17, 15) is 0 Å². The van der Waals surface area contributed by atoms with Crippen molar-refractivity contribution in [3.05, 3.63) is 18.1 Å². The van der Waals surface area contributed by atoms with Crippen LogP contribution in [0.3, 0.4) is 0 Å². The number of furan rings is 1. The third-order valence-corrected chi connectivity index (χ3v) is 4.05. The molecule has 0 spiro atoms. The van der Waals surface area contributed by atoms with Crippen molar-refractivity contribution in [2.75, 3.05) is 12.8 Å². The maximum Gasteiger partial charge on any atom is 0.114 e. The van der Waals surface area contributed by atoms with Crippen molar-refractivity contribution in [3.63, 3.8) is 0 Å². The highest BCUT2D eigenvalue weighted by Gasteiger charge is 2.29. The Hall–Kier alpha value is -0.410. The summed E-state index contributed by atoms with van der Waals surface area (Å²) >= 11 is 1.90. The van der Waals surface area contributed by atoms with Crippen molar-refractivity contribution >= 4 is 11.8 Å². The molecule has 1 saturated carbocycles. The lowest BCUT2D eigenvalue weighted by Crippen LogP contribution is -2.29. The quantitative estimate of drug-likeness (QED) is 0.758. The third-order valence-electron chi connectivity index (χ3n) is 2.79. The summed E-state index contributed by atoms with van der Waals surface area (Å²) in [6.07, 6.45) is 4.57. The molecule has 0 radical (unpaired) electrons. The number of thioether (sulfide) groups is 1. The minimum absolute atomic E-state index is 0.675. The lowest BCUT2D eigenvalue weighted by molar-refractivity contribution is 0.526. The summed E-state index contributed by atoms with van der Waals surface area (Å²) < 4.78 is 5.27. The SMILES string of the molecule is CNC(CSc1ccoc1C)C1CC1. The minimum Gasteiger partial charge on any atom is -0.468 e. The minimum atomic E-state index is 0.675. The smallest absolute Gasteiger partial charge is 0.114 e. The van der Waals surface area contributed by atoms with Crippen LogP contribution in [0.25, 0.3) is 0 Å². The van der Waals surface area contributed by atoms with Crippen LogP contribution in [0.15, 0.2) is 21.6 Å². The van der Waals surface area contributed by atoms with Gasteiger partial charge in [0.15, 0.2) is 0 Å². The fraction of sp³-hybridized carbons (Fsp3) is 0.636. The fourth-order valence-corrected chi connectivity index (χ4v) is 2.86. The first kappa shape index (κ1) is 10.1.